The van der Waals surface area contributed by atoms with Gasteiger partial charge < -0.3 is 5.11 Å². The molecule has 25 heavy (non-hydrogen) atoms. The molecule has 0 fully saturated rings. The van der Waals surface area contributed by atoms with Crippen LogP contribution in [0, 0.1) is 0 Å². The molecule has 126 valence electrons. The molecule has 4 nitrogen and oxygen atoms in total. The van der Waals surface area contributed by atoms with Crippen LogP contribution in [0.15, 0.2) is 77.2 Å². The molecule has 1 amide bonds. The summed E-state index contributed by atoms with van der Waals surface area (Å²) in [5.41, 5.74) is 5.05. The van der Waals surface area contributed by atoms with E-state index >= 15 is 0 Å². The van der Waals surface area contributed by atoms with E-state index in [0.717, 1.165) is 6.42 Å². The first-order chi connectivity index (χ1) is 12.2. The lowest BCUT2D eigenvalue weighted by atomic mass is 10.0. The first-order valence-corrected chi connectivity index (χ1v) is 8.84. The van der Waals surface area contributed by atoms with Crippen molar-refractivity contribution in [2.45, 2.75) is 12.8 Å². The van der Waals surface area contributed by atoms with E-state index in [1.165, 1.54) is 16.9 Å². The number of nitrogens with zero attached hydrogens (tertiary/aromatic N) is 1. The highest BCUT2D eigenvalue weighted by Gasteiger charge is 2.11. The molecule has 0 radical (unpaired) electrons. The number of carbonyl (C=O) groups excluding carboxylic acids is 1. The van der Waals surface area contributed by atoms with Crippen LogP contribution in [-0.4, -0.2) is 16.7 Å². The largest absolute Gasteiger partial charge is 0.507 e. The van der Waals surface area contributed by atoms with Crippen LogP contribution in [0.1, 0.15) is 27.2 Å². The molecular formula is C20H18N2O2S. The number of nitrogens with one attached hydrogen (secondary N) is 1. The number of hydrazone groups is 1. The average Bonchev–Trinajstić information content (AvgIpc) is 3.18. The van der Waals surface area contributed by atoms with Gasteiger partial charge in [0.1, 0.15) is 5.75 Å². The van der Waals surface area contributed by atoms with Gasteiger partial charge in [0.15, 0.2) is 0 Å². The zero-order valence-corrected chi connectivity index (χ0v) is 14.4. The number of para-hydroxylation sites is 1. The number of rotatable bonds is 6. The van der Waals surface area contributed by atoms with Gasteiger partial charge in [-0.3, -0.25) is 4.79 Å². The molecule has 0 spiro atoms. The summed E-state index contributed by atoms with van der Waals surface area (Å²) in [4.78, 5) is 12.7. The van der Waals surface area contributed by atoms with Crippen molar-refractivity contribution in [2.75, 3.05) is 0 Å². The molecule has 0 bridgehead atoms. The van der Waals surface area contributed by atoms with Gasteiger partial charge in [-0.05, 0) is 42.0 Å². The van der Waals surface area contributed by atoms with Crippen molar-refractivity contribution in [1.29, 1.82) is 0 Å². The molecule has 0 saturated heterocycles. The number of carbonyl (C=O) groups is 1. The number of phenolic OH excluding ortho intramolecular Hbond substituents is 1. The van der Waals surface area contributed by atoms with Gasteiger partial charge in [0, 0.05) is 5.56 Å². The number of aromatic hydroxyl groups is 1. The highest BCUT2D eigenvalue weighted by Crippen LogP contribution is 2.19. The minimum Gasteiger partial charge on any atom is -0.507 e. The molecule has 2 aromatic carbocycles. The van der Waals surface area contributed by atoms with E-state index in [1.807, 2.05) is 47.8 Å². The molecule has 0 aliphatic rings. The van der Waals surface area contributed by atoms with E-state index < -0.39 is 0 Å². The Hall–Kier alpha value is -2.92. The molecule has 3 aromatic rings. The van der Waals surface area contributed by atoms with Crippen molar-refractivity contribution in [3.63, 3.8) is 0 Å². The van der Waals surface area contributed by atoms with Crippen molar-refractivity contribution in [3.05, 3.63) is 88.1 Å². The van der Waals surface area contributed by atoms with E-state index in [9.17, 15) is 9.90 Å². The molecule has 2 N–H and O–H groups in total. The molecule has 0 saturated carbocycles. The van der Waals surface area contributed by atoms with Gasteiger partial charge in [-0.1, -0.05) is 48.5 Å². The molecule has 1 heterocycles. The summed E-state index contributed by atoms with van der Waals surface area (Å²) in [6.07, 6.45) is 1.37. The van der Waals surface area contributed by atoms with Gasteiger partial charge in [-0.2, -0.15) is 5.10 Å². The van der Waals surface area contributed by atoms with E-state index in [2.05, 4.69) is 10.5 Å². The Morgan fingerprint density at radius 3 is 2.48 bits per heavy atom. The Balaban J connectivity index is 1.80. The Morgan fingerprint density at radius 2 is 1.76 bits per heavy atom. The van der Waals surface area contributed by atoms with Crippen molar-refractivity contribution in [1.82, 2.24) is 5.43 Å². The lowest BCUT2D eigenvalue weighted by Crippen LogP contribution is -2.19. The fourth-order valence-electron chi connectivity index (χ4n) is 2.46. The number of benzene rings is 2. The predicted molar refractivity (Wildman–Crippen MR) is 101 cm³/mol. The highest BCUT2D eigenvalue weighted by molar-refractivity contribution is 7.12. The number of hydrogen-bond donors (Lipinski definition) is 2. The highest BCUT2D eigenvalue weighted by atomic mass is 32.1. The maximum Gasteiger partial charge on any atom is 0.281 e. The van der Waals surface area contributed by atoms with Crippen LogP contribution in [-0.2, 0) is 6.42 Å². The van der Waals surface area contributed by atoms with Crippen LogP contribution in [0.4, 0.5) is 0 Å². The summed E-state index contributed by atoms with van der Waals surface area (Å²) < 4.78 is 0. The SMILES string of the molecule is O=C(N/N=C(\CCc1ccccc1)c1ccccc1O)c1cccs1. The zero-order valence-electron chi connectivity index (χ0n) is 13.6. The maximum absolute atomic E-state index is 12.1. The summed E-state index contributed by atoms with van der Waals surface area (Å²) in [6, 6.07) is 20.6. The fraction of sp³-hybridized carbons (Fsp3) is 0.100. The standard InChI is InChI=1S/C20H18N2O2S/c23-18-10-5-4-9-16(18)17(13-12-15-7-2-1-3-8-15)21-22-20(24)19-11-6-14-25-19/h1-11,14,23H,12-13H2,(H,22,24)/b21-17+. The van der Waals surface area contributed by atoms with Gasteiger partial charge in [0.25, 0.3) is 5.91 Å². The van der Waals surface area contributed by atoms with E-state index in [4.69, 9.17) is 0 Å². The van der Waals surface area contributed by atoms with Crippen molar-refractivity contribution in [3.8, 4) is 5.75 Å². The summed E-state index contributed by atoms with van der Waals surface area (Å²) in [5.74, 6) is -0.0951. The normalized spacial score (nSPS) is 11.3. The van der Waals surface area contributed by atoms with Gasteiger partial charge in [-0.15, -0.1) is 11.3 Å². The fourth-order valence-corrected chi connectivity index (χ4v) is 3.07. The van der Waals surface area contributed by atoms with Crippen LogP contribution >= 0.6 is 11.3 Å². The molecule has 5 heteroatoms. The molecule has 0 unspecified atom stereocenters. The molecule has 0 aliphatic heterocycles. The zero-order chi connectivity index (χ0) is 17.5. The van der Waals surface area contributed by atoms with E-state index in [-0.39, 0.29) is 11.7 Å². The third-order valence-electron chi connectivity index (χ3n) is 3.75. The Bertz CT molecular complexity index is 858. The molecule has 0 atom stereocenters. The first-order valence-electron chi connectivity index (χ1n) is 7.97. The topological polar surface area (TPSA) is 61.7 Å². The predicted octanol–water partition coefficient (Wildman–Crippen LogP) is 4.22. The van der Waals surface area contributed by atoms with E-state index in [1.54, 1.807) is 24.3 Å². The maximum atomic E-state index is 12.1. The molecular weight excluding hydrogens is 332 g/mol. The lowest BCUT2D eigenvalue weighted by molar-refractivity contribution is 0.0959. The smallest absolute Gasteiger partial charge is 0.281 e. The minimum atomic E-state index is -0.248. The Labute approximate surface area is 150 Å². The van der Waals surface area contributed by atoms with Crippen molar-refractivity contribution < 1.29 is 9.90 Å². The van der Waals surface area contributed by atoms with Crippen molar-refractivity contribution >= 4 is 23.0 Å². The van der Waals surface area contributed by atoms with Gasteiger partial charge >= 0.3 is 0 Å². The average molecular weight is 350 g/mol. The van der Waals surface area contributed by atoms with Gasteiger partial charge in [-0.25, -0.2) is 5.43 Å². The number of hydrogen-bond acceptors (Lipinski definition) is 4. The Kier molecular flexibility index (Phi) is 5.59. The Morgan fingerprint density at radius 1 is 1.00 bits per heavy atom. The van der Waals surface area contributed by atoms with E-state index in [0.29, 0.717) is 22.6 Å². The number of thiophene rings is 1. The monoisotopic (exact) mass is 350 g/mol. The molecule has 3 rings (SSSR count). The third-order valence-corrected chi connectivity index (χ3v) is 4.61. The summed E-state index contributed by atoms with van der Waals surface area (Å²) in [6.45, 7) is 0. The summed E-state index contributed by atoms with van der Waals surface area (Å²) in [7, 11) is 0. The van der Waals surface area contributed by atoms with Gasteiger partial charge in [0.2, 0.25) is 0 Å². The quantitative estimate of drug-likeness (QED) is 0.516. The van der Waals surface area contributed by atoms with Crippen molar-refractivity contribution in [2.24, 2.45) is 5.10 Å². The number of aryl methyl sites for hydroxylation is 1. The molecule has 1 aromatic heterocycles. The third kappa shape index (κ3) is 4.55. The van der Waals surface area contributed by atoms with Crippen LogP contribution in [0.25, 0.3) is 0 Å². The summed E-state index contributed by atoms with van der Waals surface area (Å²) in [5, 5.41) is 16.3. The summed E-state index contributed by atoms with van der Waals surface area (Å²) >= 11 is 1.36. The number of amides is 1. The van der Waals surface area contributed by atoms with Crippen LogP contribution in [0.2, 0.25) is 0 Å². The second kappa shape index (κ2) is 8.26. The van der Waals surface area contributed by atoms with Crippen LogP contribution < -0.4 is 5.43 Å². The van der Waals surface area contributed by atoms with Gasteiger partial charge in [0.05, 0.1) is 10.6 Å². The van der Waals surface area contributed by atoms with Crippen LogP contribution in [0.3, 0.4) is 0 Å². The first kappa shape index (κ1) is 16.9. The molecule has 0 aliphatic carbocycles. The van der Waals surface area contributed by atoms with Crippen LogP contribution in [0.5, 0.6) is 5.75 Å². The lowest BCUT2D eigenvalue weighted by Gasteiger charge is -2.09. The minimum absolute atomic E-state index is 0.152. The second-order valence-corrected chi connectivity index (χ2v) is 6.43. The number of phenols is 1. The second-order valence-electron chi connectivity index (χ2n) is 5.48.